The van der Waals surface area contributed by atoms with E-state index in [1.807, 2.05) is 19.1 Å². The molecule has 1 unspecified atom stereocenters. The van der Waals surface area contributed by atoms with E-state index in [2.05, 4.69) is 0 Å². The maximum atomic E-state index is 11.8. The van der Waals surface area contributed by atoms with E-state index in [0.717, 1.165) is 28.4 Å². The van der Waals surface area contributed by atoms with Gasteiger partial charge >= 0.3 is 5.97 Å². The summed E-state index contributed by atoms with van der Waals surface area (Å²) in [6.45, 7) is 2.24. The van der Waals surface area contributed by atoms with Crippen molar-refractivity contribution in [3.05, 3.63) is 23.3 Å². The summed E-state index contributed by atoms with van der Waals surface area (Å²) in [7, 11) is 3.30. The Bertz CT molecular complexity index is 473. The molecule has 0 saturated heterocycles. The van der Waals surface area contributed by atoms with Crippen molar-refractivity contribution in [3.63, 3.8) is 0 Å². The summed E-state index contributed by atoms with van der Waals surface area (Å²) in [5.74, 6) is 2.25. The van der Waals surface area contributed by atoms with E-state index in [0.29, 0.717) is 13.0 Å². The van der Waals surface area contributed by atoms with Crippen LogP contribution in [0.4, 0.5) is 0 Å². The van der Waals surface area contributed by atoms with Gasteiger partial charge in [-0.3, -0.25) is 4.79 Å². The first-order valence-electron chi connectivity index (χ1n) is 6.22. The molecule has 0 fully saturated rings. The maximum Gasteiger partial charge on any atom is 0.319 e. The van der Waals surface area contributed by atoms with E-state index in [4.69, 9.17) is 14.2 Å². The van der Waals surface area contributed by atoms with Crippen molar-refractivity contribution in [2.45, 2.75) is 24.3 Å². The highest BCUT2D eigenvalue weighted by molar-refractivity contribution is 7.99. The summed E-state index contributed by atoms with van der Waals surface area (Å²) < 4.78 is 15.8. The summed E-state index contributed by atoms with van der Waals surface area (Å²) in [4.78, 5) is 11.8. The van der Waals surface area contributed by atoms with Gasteiger partial charge in [0.2, 0.25) is 0 Å². The van der Waals surface area contributed by atoms with Gasteiger partial charge in [0, 0.05) is 16.9 Å². The fourth-order valence-corrected chi connectivity index (χ4v) is 3.40. The second-order valence-corrected chi connectivity index (χ2v) is 5.37. The number of rotatable bonds is 4. The second kappa shape index (κ2) is 6.19. The first-order chi connectivity index (χ1) is 9.21. The van der Waals surface area contributed by atoms with Gasteiger partial charge in [-0.05, 0) is 25.5 Å². The van der Waals surface area contributed by atoms with Crippen LogP contribution in [0.1, 0.15) is 18.1 Å². The summed E-state index contributed by atoms with van der Waals surface area (Å²) in [6, 6.07) is 3.79. The lowest BCUT2D eigenvalue weighted by atomic mass is 10.0. The van der Waals surface area contributed by atoms with Gasteiger partial charge in [-0.25, -0.2) is 0 Å². The van der Waals surface area contributed by atoms with E-state index >= 15 is 0 Å². The van der Waals surface area contributed by atoms with Crippen LogP contribution in [0.15, 0.2) is 12.1 Å². The molecule has 0 spiro atoms. The number of benzene rings is 1. The predicted molar refractivity (Wildman–Crippen MR) is 75.0 cm³/mol. The molecule has 19 heavy (non-hydrogen) atoms. The van der Waals surface area contributed by atoms with Crippen molar-refractivity contribution in [2.75, 3.05) is 20.8 Å². The topological polar surface area (TPSA) is 44.8 Å². The van der Waals surface area contributed by atoms with Gasteiger partial charge in [-0.2, -0.15) is 0 Å². The Hall–Kier alpha value is -1.36. The Labute approximate surface area is 117 Å². The van der Waals surface area contributed by atoms with Gasteiger partial charge in [0.25, 0.3) is 0 Å². The van der Waals surface area contributed by atoms with Crippen molar-refractivity contribution in [3.8, 4) is 11.5 Å². The predicted octanol–water partition coefficient (Wildman–Crippen LogP) is 2.42. The van der Waals surface area contributed by atoms with E-state index in [9.17, 15) is 4.79 Å². The number of ether oxygens (including phenoxy) is 3. The number of fused-ring (bicyclic) bond motifs is 1. The van der Waals surface area contributed by atoms with E-state index in [-0.39, 0.29) is 11.2 Å². The van der Waals surface area contributed by atoms with Crippen LogP contribution in [0.2, 0.25) is 0 Å². The fraction of sp³-hybridized carbons (Fsp3) is 0.500. The zero-order valence-electron chi connectivity index (χ0n) is 11.4. The SMILES string of the molecule is CCOC(=O)C1Cc2c(OC)ccc(OC)c2CS1. The molecule has 1 aromatic carbocycles. The molecule has 0 N–H and O–H groups in total. The van der Waals surface area contributed by atoms with Gasteiger partial charge in [-0.1, -0.05) is 0 Å². The van der Waals surface area contributed by atoms with Crippen LogP contribution in [0.3, 0.4) is 0 Å². The highest BCUT2D eigenvalue weighted by Crippen LogP contribution is 2.40. The van der Waals surface area contributed by atoms with Gasteiger partial charge in [0.15, 0.2) is 0 Å². The van der Waals surface area contributed by atoms with Crippen LogP contribution in [-0.4, -0.2) is 32.0 Å². The molecule has 0 amide bonds. The Morgan fingerprint density at radius 3 is 2.47 bits per heavy atom. The van der Waals surface area contributed by atoms with Gasteiger partial charge < -0.3 is 14.2 Å². The minimum Gasteiger partial charge on any atom is -0.496 e. The number of thioether (sulfide) groups is 1. The number of esters is 1. The van der Waals surface area contributed by atoms with Crippen LogP contribution in [0.5, 0.6) is 11.5 Å². The molecular weight excluding hydrogens is 264 g/mol. The first kappa shape index (κ1) is 14.1. The number of hydrogen-bond donors (Lipinski definition) is 0. The highest BCUT2D eigenvalue weighted by Gasteiger charge is 2.30. The van der Waals surface area contributed by atoms with Crippen molar-refractivity contribution in [1.29, 1.82) is 0 Å². The lowest BCUT2D eigenvalue weighted by Crippen LogP contribution is -2.26. The average molecular weight is 282 g/mol. The zero-order valence-corrected chi connectivity index (χ0v) is 12.2. The largest absolute Gasteiger partial charge is 0.496 e. The quantitative estimate of drug-likeness (QED) is 0.794. The number of carbonyl (C=O) groups is 1. The summed E-state index contributed by atoms with van der Waals surface area (Å²) >= 11 is 1.59. The molecule has 1 heterocycles. The molecule has 0 bridgehead atoms. The molecule has 2 rings (SSSR count). The van der Waals surface area contributed by atoms with Crippen LogP contribution < -0.4 is 9.47 Å². The molecule has 5 heteroatoms. The van der Waals surface area contributed by atoms with Crippen molar-refractivity contribution < 1.29 is 19.0 Å². The van der Waals surface area contributed by atoms with Crippen molar-refractivity contribution in [1.82, 2.24) is 0 Å². The molecule has 4 nitrogen and oxygen atoms in total. The Morgan fingerprint density at radius 2 is 1.89 bits per heavy atom. The number of methoxy groups -OCH3 is 2. The monoisotopic (exact) mass is 282 g/mol. The summed E-state index contributed by atoms with van der Waals surface area (Å²) in [6.07, 6.45) is 0.624. The molecule has 0 radical (unpaired) electrons. The zero-order chi connectivity index (χ0) is 13.8. The maximum absolute atomic E-state index is 11.8. The molecule has 1 aromatic rings. The average Bonchev–Trinajstić information content (AvgIpc) is 2.45. The number of hydrogen-bond acceptors (Lipinski definition) is 5. The van der Waals surface area contributed by atoms with E-state index < -0.39 is 0 Å². The normalized spacial score (nSPS) is 17.5. The van der Waals surface area contributed by atoms with E-state index in [1.165, 1.54) is 0 Å². The van der Waals surface area contributed by atoms with Gasteiger partial charge in [0.1, 0.15) is 16.7 Å². The van der Waals surface area contributed by atoms with Gasteiger partial charge in [-0.15, -0.1) is 11.8 Å². The lowest BCUT2D eigenvalue weighted by Gasteiger charge is -2.25. The Kier molecular flexibility index (Phi) is 4.58. The van der Waals surface area contributed by atoms with Crippen LogP contribution >= 0.6 is 11.8 Å². The molecule has 1 aliphatic heterocycles. The summed E-state index contributed by atoms with van der Waals surface area (Å²) in [5, 5.41) is -0.159. The van der Waals surface area contributed by atoms with Crippen molar-refractivity contribution in [2.24, 2.45) is 0 Å². The smallest absolute Gasteiger partial charge is 0.319 e. The van der Waals surface area contributed by atoms with Crippen LogP contribution in [0.25, 0.3) is 0 Å². The molecular formula is C14H18O4S. The third kappa shape index (κ3) is 2.81. The Balaban J connectivity index is 2.30. The molecule has 1 atom stereocenters. The third-order valence-corrected chi connectivity index (χ3v) is 4.37. The van der Waals surface area contributed by atoms with Gasteiger partial charge in [0.05, 0.1) is 20.8 Å². The van der Waals surface area contributed by atoms with Crippen LogP contribution in [-0.2, 0) is 21.7 Å². The lowest BCUT2D eigenvalue weighted by molar-refractivity contribution is -0.142. The minimum absolute atomic E-state index is 0.150. The molecule has 1 aliphatic rings. The third-order valence-electron chi connectivity index (χ3n) is 3.15. The standard InChI is InChI=1S/C14H18O4S/c1-4-18-14(15)13-7-9-10(8-19-13)12(17-3)6-5-11(9)16-2/h5-6,13H,4,7-8H2,1-3H3. The van der Waals surface area contributed by atoms with E-state index in [1.54, 1.807) is 26.0 Å². The molecule has 104 valence electrons. The minimum atomic E-state index is -0.159. The molecule has 0 aliphatic carbocycles. The highest BCUT2D eigenvalue weighted by atomic mass is 32.2. The molecule has 0 saturated carbocycles. The first-order valence-corrected chi connectivity index (χ1v) is 7.27. The summed E-state index contributed by atoms with van der Waals surface area (Å²) in [5.41, 5.74) is 2.17. The van der Waals surface area contributed by atoms with Crippen molar-refractivity contribution >= 4 is 17.7 Å². The van der Waals surface area contributed by atoms with Crippen LogP contribution in [0, 0.1) is 0 Å². The number of carbonyl (C=O) groups excluding carboxylic acids is 1. The second-order valence-electron chi connectivity index (χ2n) is 4.18. The molecule has 0 aromatic heterocycles. The Morgan fingerprint density at radius 1 is 1.26 bits per heavy atom. The fourth-order valence-electron chi connectivity index (χ4n) is 2.23.